The molecule has 1 aliphatic carbocycles. The third kappa shape index (κ3) is 5.26. The average molecular weight is 312 g/mol. The smallest absolute Gasteiger partial charge is 0.0897 e. The molecular formula is C17H26ClNO2. The SMILES string of the molecule is CC1(C)CCCC1NCC(O)COCc1ccc(Cl)cc1. The number of aliphatic hydroxyl groups excluding tert-OH is 1. The van der Waals surface area contributed by atoms with Crippen LogP contribution in [0.25, 0.3) is 0 Å². The average Bonchev–Trinajstić information content (AvgIpc) is 2.77. The molecule has 2 rings (SSSR count). The van der Waals surface area contributed by atoms with E-state index < -0.39 is 6.10 Å². The first kappa shape index (κ1) is 16.8. The lowest BCUT2D eigenvalue weighted by Gasteiger charge is -2.28. The molecule has 0 radical (unpaired) electrons. The minimum Gasteiger partial charge on any atom is -0.389 e. The molecule has 21 heavy (non-hydrogen) atoms. The lowest BCUT2D eigenvalue weighted by atomic mass is 9.87. The molecule has 0 bridgehead atoms. The van der Waals surface area contributed by atoms with Gasteiger partial charge >= 0.3 is 0 Å². The molecule has 1 aromatic carbocycles. The van der Waals surface area contributed by atoms with Crippen molar-refractivity contribution < 1.29 is 9.84 Å². The van der Waals surface area contributed by atoms with Gasteiger partial charge in [-0.05, 0) is 36.0 Å². The fraction of sp³-hybridized carbons (Fsp3) is 0.647. The molecule has 0 spiro atoms. The Balaban J connectivity index is 1.63. The van der Waals surface area contributed by atoms with Gasteiger partial charge in [0.15, 0.2) is 0 Å². The topological polar surface area (TPSA) is 41.5 Å². The van der Waals surface area contributed by atoms with E-state index >= 15 is 0 Å². The predicted molar refractivity (Wildman–Crippen MR) is 86.5 cm³/mol. The predicted octanol–water partition coefficient (Wildman–Crippen LogP) is 3.39. The number of hydrogen-bond donors (Lipinski definition) is 2. The van der Waals surface area contributed by atoms with Gasteiger partial charge in [-0.2, -0.15) is 0 Å². The van der Waals surface area contributed by atoms with Gasteiger partial charge in [0.25, 0.3) is 0 Å². The Hall–Kier alpha value is -0.610. The first-order chi connectivity index (χ1) is 9.97. The van der Waals surface area contributed by atoms with Crippen LogP contribution in [0.15, 0.2) is 24.3 Å². The summed E-state index contributed by atoms with van der Waals surface area (Å²) in [6, 6.07) is 8.08. The zero-order valence-corrected chi connectivity index (χ0v) is 13.7. The molecule has 0 aromatic heterocycles. The minimum absolute atomic E-state index is 0.337. The molecule has 0 saturated heterocycles. The van der Waals surface area contributed by atoms with E-state index in [1.165, 1.54) is 19.3 Å². The Kier molecular flexibility index (Phi) is 6.06. The molecular weight excluding hydrogens is 286 g/mol. The van der Waals surface area contributed by atoms with Gasteiger partial charge in [0.2, 0.25) is 0 Å². The first-order valence-electron chi connectivity index (χ1n) is 7.71. The molecule has 118 valence electrons. The number of hydrogen-bond acceptors (Lipinski definition) is 3. The maximum absolute atomic E-state index is 9.99. The number of halogens is 1. The van der Waals surface area contributed by atoms with Crippen LogP contribution in [0.4, 0.5) is 0 Å². The monoisotopic (exact) mass is 311 g/mol. The molecule has 0 amide bonds. The summed E-state index contributed by atoms with van der Waals surface area (Å²) in [6.45, 7) is 6.03. The second kappa shape index (κ2) is 7.59. The van der Waals surface area contributed by atoms with E-state index in [2.05, 4.69) is 19.2 Å². The molecule has 0 heterocycles. The normalized spacial score (nSPS) is 22.4. The van der Waals surface area contributed by atoms with Crippen molar-refractivity contribution in [3.8, 4) is 0 Å². The molecule has 4 heteroatoms. The van der Waals surface area contributed by atoms with E-state index in [-0.39, 0.29) is 0 Å². The number of benzene rings is 1. The van der Waals surface area contributed by atoms with Gasteiger partial charge in [0.05, 0.1) is 19.3 Å². The summed E-state index contributed by atoms with van der Waals surface area (Å²) in [4.78, 5) is 0. The van der Waals surface area contributed by atoms with Gasteiger partial charge in [-0.15, -0.1) is 0 Å². The van der Waals surface area contributed by atoms with E-state index in [1.54, 1.807) is 0 Å². The van der Waals surface area contributed by atoms with Crippen molar-refractivity contribution in [1.82, 2.24) is 5.32 Å². The van der Waals surface area contributed by atoms with Crippen LogP contribution in [0.3, 0.4) is 0 Å². The van der Waals surface area contributed by atoms with Crippen LogP contribution >= 0.6 is 11.6 Å². The zero-order valence-electron chi connectivity index (χ0n) is 12.9. The highest BCUT2D eigenvalue weighted by atomic mass is 35.5. The highest BCUT2D eigenvalue weighted by molar-refractivity contribution is 6.30. The van der Waals surface area contributed by atoms with Crippen molar-refractivity contribution in [2.75, 3.05) is 13.2 Å². The number of ether oxygens (including phenoxy) is 1. The van der Waals surface area contributed by atoms with E-state index in [9.17, 15) is 5.11 Å². The van der Waals surface area contributed by atoms with Crippen molar-refractivity contribution >= 4 is 11.6 Å². The Morgan fingerprint density at radius 1 is 1.38 bits per heavy atom. The Bertz CT molecular complexity index is 433. The highest BCUT2D eigenvalue weighted by Crippen LogP contribution is 2.37. The van der Waals surface area contributed by atoms with Gasteiger partial charge in [-0.25, -0.2) is 0 Å². The molecule has 1 aromatic rings. The third-order valence-electron chi connectivity index (χ3n) is 4.35. The lowest BCUT2D eigenvalue weighted by molar-refractivity contribution is 0.0260. The largest absolute Gasteiger partial charge is 0.389 e. The molecule has 0 aliphatic heterocycles. The summed E-state index contributed by atoms with van der Waals surface area (Å²) >= 11 is 5.83. The molecule has 1 aliphatic rings. The van der Waals surface area contributed by atoms with Gasteiger partial charge in [-0.1, -0.05) is 44.0 Å². The van der Waals surface area contributed by atoms with Crippen molar-refractivity contribution in [2.45, 2.75) is 51.9 Å². The summed E-state index contributed by atoms with van der Waals surface area (Å²) in [5.74, 6) is 0. The Labute approximate surface area is 132 Å². The van der Waals surface area contributed by atoms with Crippen LogP contribution in [-0.2, 0) is 11.3 Å². The molecule has 2 unspecified atom stereocenters. The standard InChI is InChI=1S/C17H26ClNO2/c1-17(2)9-3-4-16(17)19-10-15(20)12-21-11-13-5-7-14(18)8-6-13/h5-8,15-16,19-20H,3-4,9-12H2,1-2H3. The first-order valence-corrected chi connectivity index (χ1v) is 8.09. The summed E-state index contributed by atoms with van der Waals surface area (Å²) in [5.41, 5.74) is 1.40. The molecule has 2 N–H and O–H groups in total. The fourth-order valence-electron chi connectivity index (χ4n) is 2.94. The summed E-state index contributed by atoms with van der Waals surface area (Å²) in [5, 5.41) is 14.2. The number of rotatable bonds is 7. The van der Waals surface area contributed by atoms with Gasteiger partial charge in [-0.3, -0.25) is 0 Å². The molecule has 1 fully saturated rings. The van der Waals surface area contributed by atoms with Crippen LogP contribution in [0.5, 0.6) is 0 Å². The van der Waals surface area contributed by atoms with Crippen LogP contribution in [0.1, 0.15) is 38.7 Å². The highest BCUT2D eigenvalue weighted by Gasteiger charge is 2.34. The van der Waals surface area contributed by atoms with Crippen LogP contribution < -0.4 is 5.32 Å². The van der Waals surface area contributed by atoms with Crippen LogP contribution in [0, 0.1) is 5.41 Å². The second-order valence-electron chi connectivity index (χ2n) is 6.64. The van der Waals surface area contributed by atoms with Crippen LogP contribution in [0.2, 0.25) is 5.02 Å². The lowest BCUT2D eigenvalue weighted by Crippen LogP contribution is -2.42. The van der Waals surface area contributed by atoms with Crippen molar-refractivity contribution in [3.63, 3.8) is 0 Å². The quantitative estimate of drug-likeness (QED) is 0.811. The maximum atomic E-state index is 9.99. The summed E-state index contributed by atoms with van der Waals surface area (Å²) in [6.07, 6.45) is 3.27. The zero-order chi connectivity index (χ0) is 15.3. The Morgan fingerprint density at radius 2 is 2.10 bits per heavy atom. The summed E-state index contributed by atoms with van der Waals surface area (Å²) in [7, 11) is 0. The van der Waals surface area contributed by atoms with E-state index in [0.717, 1.165) is 10.6 Å². The van der Waals surface area contributed by atoms with Crippen molar-refractivity contribution in [1.29, 1.82) is 0 Å². The molecule has 2 atom stereocenters. The minimum atomic E-state index is -0.464. The number of nitrogens with one attached hydrogen (secondary N) is 1. The molecule has 1 saturated carbocycles. The van der Waals surface area contributed by atoms with Gasteiger partial charge in [0, 0.05) is 17.6 Å². The van der Waals surface area contributed by atoms with Crippen molar-refractivity contribution in [2.24, 2.45) is 5.41 Å². The van der Waals surface area contributed by atoms with Gasteiger partial charge in [0.1, 0.15) is 0 Å². The number of aliphatic hydroxyl groups is 1. The maximum Gasteiger partial charge on any atom is 0.0897 e. The van der Waals surface area contributed by atoms with Crippen molar-refractivity contribution in [3.05, 3.63) is 34.9 Å². The second-order valence-corrected chi connectivity index (χ2v) is 7.07. The summed E-state index contributed by atoms with van der Waals surface area (Å²) < 4.78 is 5.56. The van der Waals surface area contributed by atoms with Gasteiger partial charge < -0.3 is 15.2 Å². The van der Waals surface area contributed by atoms with E-state index in [1.807, 2.05) is 24.3 Å². The molecule has 3 nitrogen and oxygen atoms in total. The van der Waals surface area contributed by atoms with Crippen LogP contribution in [-0.4, -0.2) is 30.4 Å². The van der Waals surface area contributed by atoms with E-state index in [4.69, 9.17) is 16.3 Å². The Morgan fingerprint density at radius 3 is 2.71 bits per heavy atom. The van der Waals surface area contributed by atoms with E-state index in [0.29, 0.717) is 31.2 Å². The third-order valence-corrected chi connectivity index (χ3v) is 4.60. The fourth-order valence-corrected chi connectivity index (χ4v) is 3.06.